The summed E-state index contributed by atoms with van der Waals surface area (Å²) in [5.74, 6) is -1.71. The van der Waals surface area contributed by atoms with Gasteiger partial charge in [-0.1, -0.05) is 19.3 Å². The Kier molecular flexibility index (Phi) is 4.32. The maximum Gasteiger partial charge on any atom is 0.371 e. The van der Waals surface area contributed by atoms with Crippen LogP contribution >= 0.6 is 15.9 Å². The van der Waals surface area contributed by atoms with Crippen molar-refractivity contribution in [3.63, 3.8) is 0 Å². The highest BCUT2D eigenvalue weighted by atomic mass is 79.9. The van der Waals surface area contributed by atoms with Gasteiger partial charge in [0.1, 0.15) is 4.90 Å². The van der Waals surface area contributed by atoms with Gasteiger partial charge in [0.15, 0.2) is 4.67 Å². The number of rotatable bonds is 4. The molecule has 2 rings (SSSR count). The summed E-state index contributed by atoms with van der Waals surface area (Å²) in [7, 11) is -3.76. The van der Waals surface area contributed by atoms with Crippen LogP contribution < -0.4 is 4.72 Å². The topological polar surface area (TPSA) is 96.6 Å². The molecule has 0 spiro atoms. The van der Waals surface area contributed by atoms with Gasteiger partial charge >= 0.3 is 5.97 Å². The fourth-order valence-corrected chi connectivity index (χ4v) is 4.39. The lowest BCUT2D eigenvalue weighted by atomic mass is 9.96. The Balaban J connectivity index is 2.21. The van der Waals surface area contributed by atoms with Crippen LogP contribution in [0.15, 0.2) is 20.0 Å². The summed E-state index contributed by atoms with van der Waals surface area (Å²) in [4.78, 5) is 10.6. The van der Waals surface area contributed by atoms with E-state index in [2.05, 4.69) is 20.7 Å². The molecule has 8 heteroatoms. The molecule has 0 radical (unpaired) electrons. The zero-order chi connectivity index (χ0) is 14.0. The highest BCUT2D eigenvalue weighted by Crippen LogP contribution is 2.27. The molecule has 6 nitrogen and oxygen atoms in total. The van der Waals surface area contributed by atoms with Gasteiger partial charge in [0.2, 0.25) is 15.8 Å². The maximum absolute atomic E-state index is 12.2. The molecule has 0 aromatic carbocycles. The maximum atomic E-state index is 12.2. The first-order valence-electron chi connectivity index (χ1n) is 5.95. The molecule has 0 aliphatic heterocycles. The van der Waals surface area contributed by atoms with Crippen LogP contribution in [0.25, 0.3) is 0 Å². The highest BCUT2D eigenvalue weighted by Gasteiger charge is 2.27. The number of carboxylic acids is 1. The molecule has 1 aliphatic carbocycles. The molecule has 0 bridgehead atoms. The number of aromatic carboxylic acids is 1. The van der Waals surface area contributed by atoms with Crippen molar-refractivity contribution in [1.82, 2.24) is 4.72 Å². The minimum Gasteiger partial charge on any atom is -0.475 e. The third-order valence-corrected chi connectivity index (χ3v) is 5.46. The van der Waals surface area contributed by atoms with Crippen molar-refractivity contribution in [3.05, 3.63) is 16.5 Å². The summed E-state index contributed by atoms with van der Waals surface area (Å²) in [6, 6.07) is 0.922. The zero-order valence-corrected chi connectivity index (χ0v) is 12.5. The molecule has 1 aromatic rings. The van der Waals surface area contributed by atoms with E-state index < -0.39 is 21.8 Å². The molecule has 1 fully saturated rings. The molecule has 106 valence electrons. The summed E-state index contributed by atoms with van der Waals surface area (Å²) >= 11 is 2.94. The summed E-state index contributed by atoms with van der Waals surface area (Å²) < 4.78 is 31.7. The van der Waals surface area contributed by atoms with Crippen molar-refractivity contribution >= 4 is 31.9 Å². The average Bonchev–Trinajstić information content (AvgIpc) is 2.73. The lowest BCUT2D eigenvalue weighted by Crippen LogP contribution is -2.36. The van der Waals surface area contributed by atoms with E-state index in [9.17, 15) is 13.2 Å². The number of sulfonamides is 1. The number of nitrogens with one attached hydrogen (secondary N) is 1. The molecular formula is C11H14BrNO5S. The lowest BCUT2D eigenvalue weighted by molar-refractivity contribution is 0.0661. The van der Waals surface area contributed by atoms with E-state index in [1.807, 2.05) is 0 Å². The minimum atomic E-state index is -3.76. The molecular weight excluding hydrogens is 338 g/mol. The average molecular weight is 352 g/mol. The molecule has 0 saturated heterocycles. The normalized spacial score (nSPS) is 17.5. The van der Waals surface area contributed by atoms with E-state index in [1.165, 1.54) is 0 Å². The van der Waals surface area contributed by atoms with E-state index in [0.29, 0.717) is 0 Å². The Labute approximate surface area is 119 Å². The summed E-state index contributed by atoms with van der Waals surface area (Å²) in [6.07, 6.45) is 4.73. The van der Waals surface area contributed by atoms with Crippen LogP contribution in [0.4, 0.5) is 0 Å². The van der Waals surface area contributed by atoms with Crippen molar-refractivity contribution in [3.8, 4) is 0 Å². The number of carboxylic acid groups (broad SMARTS) is 1. The van der Waals surface area contributed by atoms with Gasteiger partial charge in [0.05, 0.1) is 0 Å². The molecule has 1 heterocycles. The Hall–Kier alpha value is -0.860. The first-order valence-corrected chi connectivity index (χ1v) is 8.23. The molecule has 0 atom stereocenters. The van der Waals surface area contributed by atoms with Crippen molar-refractivity contribution in [2.45, 2.75) is 43.0 Å². The van der Waals surface area contributed by atoms with E-state index in [1.54, 1.807) is 0 Å². The number of hydrogen-bond donors (Lipinski definition) is 2. The van der Waals surface area contributed by atoms with Gasteiger partial charge in [-0.15, -0.1) is 0 Å². The third-order valence-electron chi connectivity index (χ3n) is 3.08. The number of furan rings is 1. The second-order valence-corrected chi connectivity index (χ2v) is 6.91. The van der Waals surface area contributed by atoms with Crippen LogP contribution in [0.1, 0.15) is 42.7 Å². The first-order chi connectivity index (χ1) is 8.90. The van der Waals surface area contributed by atoms with Gasteiger partial charge < -0.3 is 9.52 Å². The van der Waals surface area contributed by atoms with Crippen LogP contribution in [-0.2, 0) is 10.0 Å². The summed E-state index contributed by atoms with van der Waals surface area (Å²) in [5.41, 5.74) is 0. The molecule has 0 amide bonds. The predicted molar refractivity (Wildman–Crippen MR) is 70.6 cm³/mol. The van der Waals surface area contributed by atoms with E-state index in [0.717, 1.165) is 38.2 Å². The van der Waals surface area contributed by atoms with Gasteiger partial charge in [-0.2, -0.15) is 0 Å². The Morgan fingerprint density at radius 3 is 2.53 bits per heavy atom. The zero-order valence-electron chi connectivity index (χ0n) is 10.1. The number of halogens is 1. The molecule has 1 saturated carbocycles. The van der Waals surface area contributed by atoms with Crippen molar-refractivity contribution in [1.29, 1.82) is 0 Å². The van der Waals surface area contributed by atoms with Crippen molar-refractivity contribution in [2.24, 2.45) is 0 Å². The van der Waals surface area contributed by atoms with Crippen LogP contribution in [0.5, 0.6) is 0 Å². The van der Waals surface area contributed by atoms with Crippen LogP contribution in [0.2, 0.25) is 0 Å². The minimum absolute atomic E-state index is 0.0890. The molecule has 1 aliphatic rings. The van der Waals surface area contributed by atoms with Gasteiger partial charge in [-0.05, 0) is 28.8 Å². The Morgan fingerprint density at radius 1 is 1.37 bits per heavy atom. The molecule has 2 N–H and O–H groups in total. The van der Waals surface area contributed by atoms with Crippen molar-refractivity contribution in [2.75, 3.05) is 0 Å². The highest BCUT2D eigenvalue weighted by molar-refractivity contribution is 9.10. The molecule has 1 aromatic heterocycles. The summed E-state index contributed by atoms with van der Waals surface area (Å²) in [5, 5.41) is 8.78. The SMILES string of the molecule is O=C(O)c1cc(S(=O)(=O)NC2CCCCC2)c(Br)o1. The van der Waals surface area contributed by atoms with Gasteiger partial charge in [-0.3, -0.25) is 0 Å². The smallest absolute Gasteiger partial charge is 0.371 e. The van der Waals surface area contributed by atoms with E-state index in [4.69, 9.17) is 9.52 Å². The van der Waals surface area contributed by atoms with Crippen molar-refractivity contribution < 1.29 is 22.7 Å². The van der Waals surface area contributed by atoms with E-state index in [-0.39, 0.29) is 15.6 Å². The second kappa shape index (κ2) is 5.64. The quantitative estimate of drug-likeness (QED) is 0.867. The largest absolute Gasteiger partial charge is 0.475 e. The van der Waals surface area contributed by atoms with Crippen LogP contribution in [-0.4, -0.2) is 25.5 Å². The standard InChI is InChI=1S/C11H14BrNO5S/c12-10-9(6-8(18-10)11(14)15)19(16,17)13-7-4-2-1-3-5-7/h6-7,13H,1-5H2,(H,14,15). The Bertz CT molecular complexity index is 574. The fraction of sp³-hybridized carbons (Fsp3) is 0.545. The molecule has 19 heavy (non-hydrogen) atoms. The van der Waals surface area contributed by atoms with Gasteiger partial charge in [0, 0.05) is 12.1 Å². The first kappa shape index (κ1) is 14.5. The van der Waals surface area contributed by atoms with Gasteiger partial charge in [-0.25, -0.2) is 17.9 Å². The fourth-order valence-electron chi connectivity index (χ4n) is 2.14. The van der Waals surface area contributed by atoms with E-state index >= 15 is 0 Å². The van der Waals surface area contributed by atoms with Gasteiger partial charge in [0.25, 0.3) is 0 Å². The molecule has 0 unspecified atom stereocenters. The third kappa shape index (κ3) is 3.37. The number of carbonyl (C=O) groups is 1. The number of hydrogen-bond acceptors (Lipinski definition) is 4. The predicted octanol–water partition coefficient (Wildman–Crippen LogP) is 2.35. The second-order valence-electron chi connectivity index (χ2n) is 4.51. The Morgan fingerprint density at radius 2 is 2.00 bits per heavy atom. The van der Waals surface area contributed by atoms with Crippen LogP contribution in [0, 0.1) is 0 Å². The van der Waals surface area contributed by atoms with Crippen LogP contribution in [0.3, 0.4) is 0 Å². The summed E-state index contributed by atoms with van der Waals surface area (Å²) in [6.45, 7) is 0. The lowest BCUT2D eigenvalue weighted by Gasteiger charge is -2.22. The monoisotopic (exact) mass is 351 g/mol.